The van der Waals surface area contributed by atoms with Crippen LogP contribution in [0.25, 0.3) is 10.9 Å². The molecular weight excluding hydrogens is 344 g/mol. The molecule has 6 heteroatoms. The summed E-state index contributed by atoms with van der Waals surface area (Å²) in [4.78, 5) is 20.1. The van der Waals surface area contributed by atoms with Crippen LogP contribution in [0.3, 0.4) is 0 Å². The predicted octanol–water partition coefficient (Wildman–Crippen LogP) is 3.65. The molecule has 1 aliphatic heterocycles. The molecule has 0 amide bonds. The molecule has 1 aromatic carbocycles. The summed E-state index contributed by atoms with van der Waals surface area (Å²) in [6.07, 6.45) is 8.75. The molecule has 0 spiro atoms. The Hall–Kier alpha value is -1.53. The van der Waals surface area contributed by atoms with Crippen LogP contribution in [0.5, 0.6) is 0 Å². The van der Waals surface area contributed by atoms with E-state index in [1.807, 2.05) is 30.0 Å². The second kappa shape index (κ2) is 8.44. The first-order valence-corrected chi connectivity index (χ1v) is 10.9. The highest BCUT2D eigenvalue weighted by Crippen LogP contribution is 2.26. The van der Waals surface area contributed by atoms with Gasteiger partial charge in [-0.3, -0.25) is 4.79 Å². The first-order chi connectivity index (χ1) is 12.8. The Morgan fingerprint density at radius 3 is 2.88 bits per heavy atom. The largest absolute Gasteiger partial charge is 0.382 e. The molecule has 2 aliphatic rings. The highest BCUT2D eigenvalue weighted by Gasteiger charge is 2.16. The summed E-state index contributed by atoms with van der Waals surface area (Å²) in [6.45, 7) is 2.22. The number of hydrogen-bond donors (Lipinski definition) is 3. The van der Waals surface area contributed by atoms with Gasteiger partial charge < -0.3 is 15.6 Å². The van der Waals surface area contributed by atoms with Gasteiger partial charge in [-0.05, 0) is 63.4 Å². The monoisotopic (exact) mass is 372 g/mol. The Labute approximate surface area is 158 Å². The third-order valence-electron chi connectivity index (χ3n) is 5.46. The first kappa shape index (κ1) is 17.9. The molecule has 1 aromatic heterocycles. The molecule has 140 valence electrons. The quantitative estimate of drug-likeness (QED) is 0.747. The van der Waals surface area contributed by atoms with Crippen molar-refractivity contribution in [2.45, 2.75) is 62.0 Å². The van der Waals surface area contributed by atoms with Crippen LogP contribution < -0.4 is 16.2 Å². The summed E-state index contributed by atoms with van der Waals surface area (Å²) < 4.78 is 0. The van der Waals surface area contributed by atoms with E-state index in [1.165, 1.54) is 44.9 Å². The van der Waals surface area contributed by atoms with Gasteiger partial charge in [0.05, 0.1) is 16.7 Å². The third-order valence-corrected chi connectivity index (χ3v) is 6.84. The number of thioether (sulfide) groups is 1. The van der Waals surface area contributed by atoms with E-state index in [0.29, 0.717) is 16.7 Å². The normalized spacial score (nSPS) is 21.8. The number of anilines is 1. The van der Waals surface area contributed by atoms with Crippen molar-refractivity contribution in [3.63, 3.8) is 0 Å². The van der Waals surface area contributed by atoms with Gasteiger partial charge in [-0.1, -0.05) is 12.8 Å². The van der Waals surface area contributed by atoms with Gasteiger partial charge in [0.2, 0.25) is 0 Å². The molecule has 1 aliphatic carbocycles. The fourth-order valence-electron chi connectivity index (χ4n) is 4.00. The number of nitrogens with one attached hydrogen (secondary N) is 3. The highest BCUT2D eigenvalue weighted by atomic mass is 32.2. The SMILES string of the molecule is O=c1[nH]c(CSC2CCCNCC2)nc2cc(NC3CCCC3)ccc12. The first-order valence-electron chi connectivity index (χ1n) is 9.90. The van der Waals surface area contributed by atoms with Crippen molar-refractivity contribution in [3.8, 4) is 0 Å². The zero-order valence-electron chi connectivity index (χ0n) is 15.2. The maximum Gasteiger partial charge on any atom is 0.258 e. The number of nitrogens with zero attached hydrogens (tertiary/aromatic N) is 1. The van der Waals surface area contributed by atoms with Crippen LogP contribution in [0.15, 0.2) is 23.0 Å². The molecule has 2 heterocycles. The number of aromatic nitrogens is 2. The molecule has 0 radical (unpaired) electrons. The van der Waals surface area contributed by atoms with Crippen molar-refractivity contribution in [2.24, 2.45) is 0 Å². The van der Waals surface area contributed by atoms with E-state index in [4.69, 9.17) is 4.98 Å². The minimum atomic E-state index is -0.0273. The van der Waals surface area contributed by atoms with E-state index in [2.05, 4.69) is 15.6 Å². The van der Waals surface area contributed by atoms with Crippen molar-refractivity contribution < 1.29 is 0 Å². The van der Waals surface area contributed by atoms with Gasteiger partial charge in [0.25, 0.3) is 5.56 Å². The molecule has 1 atom stereocenters. The molecule has 0 bridgehead atoms. The fourth-order valence-corrected chi connectivity index (χ4v) is 5.15. The number of H-pyrrole nitrogens is 1. The van der Waals surface area contributed by atoms with Gasteiger partial charge in [0.15, 0.2) is 0 Å². The zero-order valence-corrected chi connectivity index (χ0v) is 16.0. The lowest BCUT2D eigenvalue weighted by atomic mass is 10.2. The Bertz CT molecular complexity index is 792. The Morgan fingerprint density at radius 1 is 1.12 bits per heavy atom. The van der Waals surface area contributed by atoms with Crippen LogP contribution in [-0.4, -0.2) is 34.3 Å². The molecule has 2 aromatic rings. The summed E-state index contributed by atoms with van der Waals surface area (Å²) in [6, 6.07) is 6.50. The van der Waals surface area contributed by atoms with Crippen LogP contribution >= 0.6 is 11.8 Å². The maximum atomic E-state index is 12.4. The number of hydrogen-bond acceptors (Lipinski definition) is 5. The maximum absolute atomic E-state index is 12.4. The van der Waals surface area contributed by atoms with Gasteiger partial charge in [0, 0.05) is 17.0 Å². The van der Waals surface area contributed by atoms with E-state index < -0.39 is 0 Å². The molecule has 3 N–H and O–H groups in total. The smallest absolute Gasteiger partial charge is 0.258 e. The van der Waals surface area contributed by atoms with Crippen molar-refractivity contribution in [1.82, 2.24) is 15.3 Å². The fraction of sp³-hybridized carbons (Fsp3) is 0.600. The van der Waals surface area contributed by atoms with E-state index >= 15 is 0 Å². The summed E-state index contributed by atoms with van der Waals surface area (Å²) >= 11 is 1.92. The zero-order chi connectivity index (χ0) is 17.8. The van der Waals surface area contributed by atoms with Gasteiger partial charge in [-0.25, -0.2) is 4.98 Å². The predicted molar refractivity (Wildman–Crippen MR) is 110 cm³/mol. The van der Waals surface area contributed by atoms with Crippen molar-refractivity contribution in [3.05, 3.63) is 34.4 Å². The van der Waals surface area contributed by atoms with Crippen molar-refractivity contribution in [2.75, 3.05) is 18.4 Å². The lowest BCUT2D eigenvalue weighted by Crippen LogP contribution is -2.16. The van der Waals surface area contributed by atoms with Gasteiger partial charge in [-0.2, -0.15) is 11.8 Å². The Morgan fingerprint density at radius 2 is 2.00 bits per heavy atom. The lowest BCUT2D eigenvalue weighted by Gasteiger charge is -2.14. The van der Waals surface area contributed by atoms with E-state index in [0.717, 1.165) is 35.9 Å². The van der Waals surface area contributed by atoms with E-state index in [-0.39, 0.29) is 5.56 Å². The average Bonchev–Trinajstić information content (AvgIpc) is 3.00. The summed E-state index contributed by atoms with van der Waals surface area (Å²) in [5.41, 5.74) is 1.85. The molecule has 5 nitrogen and oxygen atoms in total. The molecular formula is C20H28N4OS. The molecule has 1 saturated heterocycles. The van der Waals surface area contributed by atoms with E-state index in [9.17, 15) is 4.79 Å². The summed E-state index contributed by atoms with van der Waals surface area (Å²) in [5.74, 6) is 1.57. The molecule has 1 unspecified atom stereocenters. The Kier molecular flexibility index (Phi) is 5.80. The highest BCUT2D eigenvalue weighted by molar-refractivity contribution is 7.99. The van der Waals surface area contributed by atoms with Gasteiger partial charge in [0.1, 0.15) is 5.82 Å². The Balaban J connectivity index is 1.48. The minimum Gasteiger partial charge on any atom is -0.382 e. The number of fused-ring (bicyclic) bond motifs is 1. The topological polar surface area (TPSA) is 69.8 Å². The number of aromatic amines is 1. The van der Waals surface area contributed by atoms with Crippen LogP contribution in [-0.2, 0) is 5.75 Å². The standard InChI is InChI=1S/C20H28N4OS/c25-20-17-8-7-15(22-14-4-1-2-5-14)12-18(17)23-19(24-20)13-26-16-6-3-10-21-11-9-16/h7-8,12,14,16,21-22H,1-6,9-11,13H2,(H,23,24,25). The van der Waals surface area contributed by atoms with Crippen molar-refractivity contribution in [1.29, 1.82) is 0 Å². The minimum absolute atomic E-state index is 0.0273. The van der Waals surface area contributed by atoms with Crippen LogP contribution in [0, 0.1) is 0 Å². The second-order valence-electron chi connectivity index (χ2n) is 7.48. The van der Waals surface area contributed by atoms with Crippen LogP contribution in [0.4, 0.5) is 5.69 Å². The van der Waals surface area contributed by atoms with Gasteiger partial charge in [-0.15, -0.1) is 0 Å². The van der Waals surface area contributed by atoms with E-state index in [1.54, 1.807) is 0 Å². The molecule has 26 heavy (non-hydrogen) atoms. The molecule has 2 fully saturated rings. The number of benzene rings is 1. The number of rotatable bonds is 5. The van der Waals surface area contributed by atoms with Crippen LogP contribution in [0.1, 0.15) is 50.8 Å². The molecule has 4 rings (SSSR count). The van der Waals surface area contributed by atoms with Gasteiger partial charge >= 0.3 is 0 Å². The molecule has 1 saturated carbocycles. The average molecular weight is 373 g/mol. The third kappa shape index (κ3) is 4.41. The lowest BCUT2D eigenvalue weighted by molar-refractivity contribution is 0.703. The van der Waals surface area contributed by atoms with Crippen molar-refractivity contribution >= 4 is 28.4 Å². The summed E-state index contributed by atoms with van der Waals surface area (Å²) in [7, 11) is 0. The second-order valence-corrected chi connectivity index (χ2v) is 8.77. The summed E-state index contributed by atoms with van der Waals surface area (Å²) in [5, 5.41) is 8.38. The van der Waals surface area contributed by atoms with Crippen LogP contribution in [0.2, 0.25) is 0 Å².